The highest BCUT2D eigenvalue weighted by atomic mass is 35.5. The van der Waals surface area contributed by atoms with Gasteiger partial charge < -0.3 is 10.6 Å². The smallest absolute Gasteiger partial charge is 0.0500 e. The van der Waals surface area contributed by atoms with Crippen LogP contribution < -0.4 is 5.73 Å². The lowest BCUT2D eigenvalue weighted by Gasteiger charge is -2.43. The van der Waals surface area contributed by atoms with Gasteiger partial charge in [-0.1, -0.05) is 30.7 Å². The van der Waals surface area contributed by atoms with Crippen LogP contribution in [-0.2, 0) is 0 Å². The Morgan fingerprint density at radius 3 is 2.50 bits per heavy atom. The topological polar surface area (TPSA) is 32.5 Å². The van der Waals surface area contributed by atoms with Gasteiger partial charge in [0.2, 0.25) is 0 Å². The van der Waals surface area contributed by atoms with Crippen molar-refractivity contribution in [2.24, 2.45) is 5.73 Å². The molecule has 2 rings (SSSR count). The second kappa shape index (κ2) is 6.90. The summed E-state index contributed by atoms with van der Waals surface area (Å²) < 4.78 is 0. The number of likely N-dealkylation sites (N-methyl/N-ethyl adjacent to an activating group) is 1. The van der Waals surface area contributed by atoms with E-state index in [4.69, 9.17) is 17.3 Å². The van der Waals surface area contributed by atoms with Crippen LogP contribution in [0.1, 0.15) is 31.9 Å². The molecule has 20 heavy (non-hydrogen) atoms. The SMILES string of the molecule is CCC(N)C(c1ccc(Cl)cc1)N1CCN(C)C(C)C1. The Hall–Kier alpha value is -0.610. The van der Waals surface area contributed by atoms with Crippen LogP contribution in [0.2, 0.25) is 5.02 Å². The third kappa shape index (κ3) is 3.53. The Morgan fingerprint density at radius 1 is 1.30 bits per heavy atom. The molecular formula is C16H26ClN3. The highest BCUT2D eigenvalue weighted by Gasteiger charge is 2.30. The lowest BCUT2D eigenvalue weighted by molar-refractivity contribution is 0.0612. The number of rotatable bonds is 4. The minimum Gasteiger partial charge on any atom is -0.326 e. The van der Waals surface area contributed by atoms with Gasteiger partial charge >= 0.3 is 0 Å². The second-order valence-corrected chi connectivity index (χ2v) is 6.33. The zero-order chi connectivity index (χ0) is 14.7. The van der Waals surface area contributed by atoms with E-state index in [1.165, 1.54) is 5.56 Å². The zero-order valence-corrected chi connectivity index (χ0v) is 13.5. The van der Waals surface area contributed by atoms with E-state index in [2.05, 4.69) is 42.8 Å². The maximum atomic E-state index is 6.41. The maximum Gasteiger partial charge on any atom is 0.0500 e. The van der Waals surface area contributed by atoms with E-state index in [9.17, 15) is 0 Å². The standard InChI is InChI=1S/C16H26ClN3/c1-4-15(18)16(13-5-7-14(17)8-6-13)20-10-9-19(3)12(2)11-20/h5-8,12,15-16H,4,9-11,18H2,1-3H3. The van der Waals surface area contributed by atoms with Gasteiger partial charge in [-0.05, 0) is 38.1 Å². The van der Waals surface area contributed by atoms with Gasteiger partial charge in [0.25, 0.3) is 0 Å². The van der Waals surface area contributed by atoms with Crippen LogP contribution >= 0.6 is 11.6 Å². The van der Waals surface area contributed by atoms with Gasteiger partial charge in [0.15, 0.2) is 0 Å². The predicted molar refractivity (Wildman–Crippen MR) is 86.1 cm³/mol. The molecule has 3 unspecified atom stereocenters. The van der Waals surface area contributed by atoms with E-state index in [0.29, 0.717) is 6.04 Å². The Balaban J connectivity index is 2.21. The van der Waals surface area contributed by atoms with Crippen LogP contribution in [0.25, 0.3) is 0 Å². The third-order valence-corrected chi connectivity index (χ3v) is 4.72. The zero-order valence-electron chi connectivity index (χ0n) is 12.7. The van der Waals surface area contributed by atoms with Crippen molar-refractivity contribution in [2.75, 3.05) is 26.7 Å². The van der Waals surface area contributed by atoms with Crippen molar-refractivity contribution in [3.05, 3.63) is 34.9 Å². The first-order valence-electron chi connectivity index (χ1n) is 7.48. The molecule has 1 aliphatic heterocycles. The summed E-state index contributed by atoms with van der Waals surface area (Å²) in [6.07, 6.45) is 0.980. The van der Waals surface area contributed by atoms with Crippen LogP contribution in [-0.4, -0.2) is 48.6 Å². The lowest BCUT2D eigenvalue weighted by Crippen LogP contribution is -2.54. The highest BCUT2D eigenvalue weighted by Crippen LogP contribution is 2.28. The van der Waals surface area contributed by atoms with Gasteiger partial charge in [-0.3, -0.25) is 4.90 Å². The minimum absolute atomic E-state index is 0.159. The quantitative estimate of drug-likeness (QED) is 0.927. The number of piperazine rings is 1. The first-order chi connectivity index (χ1) is 9.52. The molecule has 1 saturated heterocycles. The Kier molecular flexibility index (Phi) is 5.44. The fourth-order valence-electron chi connectivity index (χ4n) is 2.94. The molecule has 0 aliphatic carbocycles. The molecule has 3 atom stereocenters. The fraction of sp³-hybridized carbons (Fsp3) is 0.625. The van der Waals surface area contributed by atoms with Gasteiger partial charge in [-0.15, -0.1) is 0 Å². The first-order valence-corrected chi connectivity index (χ1v) is 7.86. The van der Waals surface area contributed by atoms with Crippen molar-refractivity contribution in [3.8, 4) is 0 Å². The van der Waals surface area contributed by atoms with E-state index >= 15 is 0 Å². The molecule has 1 heterocycles. The summed E-state index contributed by atoms with van der Waals surface area (Å²) in [7, 11) is 2.19. The van der Waals surface area contributed by atoms with Crippen LogP contribution in [0, 0.1) is 0 Å². The molecule has 0 spiro atoms. The van der Waals surface area contributed by atoms with E-state index in [-0.39, 0.29) is 12.1 Å². The largest absolute Gasteiger partial charge is 0.326 e. The van der Waals surface area contributed by atoms with E-state index in [1.807, 2.05) is 12.1 Å². The molecule has 1 aromatic rings. The minimum atomic E-state index is 0.159. The van der Waals surface area contributed by atoms with E-state index in [0.717, 1.165) is 31.1 Å². The molecule has 1 aliphatic rings. The number of hydrogen-bond acceptors (Lipinski definition) is 3. The molecule has 0 bridgehead atoms. The first kappa shape index (κ1) is 15.8. The molecule has 2 N–H and O–H groups in total. The predicted octanol–water partition coefficient (Wildman–Crippen LogP) is 2.75. The molecule has 0 amide bonds. The van der Waals surface area contributed by atoms with Crippen molar-refractivity contribution in [3.63, 3.8) is 0 Å². The Morgan fingerprint density at radius 2 is 1.95 bits per heavy atom. The summed E-state index contributed by atoms with van der Waals surface area (Å²) in [5.41, 5.74) is 7.69. The highest BCUT2D eigenvalue weighted by molar-refractivity contribution is 6.30. The van der Waals surface area contributed by atoms with Crippen LogP contribution in [0.5, 0.6) is 0 Å². The fourth-order valence-corrected chi connectivity index (χ4v) is 3.07. The summed E-state index contributed by atoms with van der Waals surface area (Å²) in [5.74, 6) is 0. The van der Waals surface area contributed by atoms with Crippen LogP contribution in [0.4, 0.5) is 0 Å². The Bertz CT molecular complexity index is 420. The second-order valence-electron chi connectivity index (χ2n) is 5.89. The number of hydrogen-bond donors (Lipinski definition) is 1. The summed E-state index contributed by atoms with van der Waals surface area (Å²) in [5, 5.41) is 0.782. The van der Waals surface area contributed by atoms with Gasteiger partial charge in [0, 0.05) is 42.8 Å². The van der Waals surface area contributed by atoms with Crippen LogP contribution in [0.15, 0.2) is 24.3 Å². The van der Waals surface area contributed by atoms with E-state index < -0.39 is 0 Å². The average Bonchev–Trinajstić information content (AvgIpc) is 2.45. The third-order valence-electron chi connectivity index (χ3n) is 4.47. The van der Waals surface area contributed by atoms with Crippen molar-refractivity contribution in [2.45, 2.75) is 38.4 Å². The summed E-state index contributed by atoms with van der Waals surface area (Å²) in [6.45, 7) is 7.68. The molecule has 3 nitrogen and oxygen atoms in total. The van der Waals surface area contributed by atoms with Gasteiger partial charge in [0.05, 0.1) is 0 Å². The number of halogens is 1. The summed E-state index contributed by atoms with van der Waals surface area (Å²) in [6, 6.07) is 9.18. The molecule has 0 radical (unpaired) electrons. The molecule has 1 aromatic carbocycles. The Labute approximate surface area is 127 Å². The lowest BCUT2D eigenvalue weighted by atomic mass is 9.95. The molecular weight excluding hydrogens is 270 g/mol. The number of benzene rings is 1. The number of nitrogens with zero attached hydrogens (tertiary/aromatic N) is 2. The van der Waals surface area contributed by atoms with Crippen molar-refractivity contribution in [1.29, 1.82) is 0 Å². The molecule has 1 fully saturated rings. The summed E-state index contributed by atoms with van der Waals surface area (Å²) in [4.78, 5) is 4.94. The van der Waals surface area contributed by atoms with Crippen molar-refractivity contribution < 1.29 is 0 Å². The average molecular weight is 296 g/mol. The maximum absolute atomic E-state index is 6.41. The molecule has 0 aromatic heterocycles. The van der Waals surface area contributed by atoms with E-state index in [1.54, 1.807) is 0 Å². The monoisotopic (exact) mass is 295 g/mol. The molecule has 4 heteroatoms. The van der Waals surface area contributed by atoms with Crippen molar-refractivity contribution >= 4 is 11.6 Å². The van der Waals surface area contributed by atoms with Crippen LogP contribution in [0.3, 0.4) is 0 Å². The summed E-state index contributed by atoms with van der Waals surface area (Å²) >= 11 is 6.01. The van der Waals surface area contributed by atoms with Gasteiger partial charge in [0.1, 0.15) is 0 Å². The normalized spacial score (nSPS) is 24.6. The molecule has 112 valence electrons. The van der Waals surface area contributed by atoms with Gasteiger partial charge in [-0.2, -0.15) is 0 Å². The van der Waals surface area contributed by atoms with Crippen molar-refractivity contribution in [1.82, 2.24) is 9.80 Å². The number of nitrogens with two attached hydrogens (primary N) is 1. The van der Waals surface area contributed by atoms with Gasteiger partial charge in [-0.25, -0.2) is 0 Å². The molecule has 0 saturated carbocycles.